The lowest BCUT2D eigenvalue weighted by molar-refractivity contribution is -0.139. The van der Waals surface area contributed by atoms with Gasteiger partial charge < -0.3 is 10.1 Å². The molecule has 1 amide bonds. The van der Waals surface area contributed by atoms with Crippen LogP contribution in [-0.2, 0) is 20.9 Å². The minimum absolute atomic E-state index is 0.153. The van der Waals surface area contributed by atoms with Gasteiger partial charge in [-0.1, -0.05) is 29.8 Å². The summed E-state index contributed by atoms with van der Waals surface area (Å²) in [7, 11) is 0. The van der Waals surface area contributed by atoms with Crippen molar-refractivity contribution in [2.24, 2.45) is 0 Å². The second kappa shape index (κ2) is 9.34. The fourth-order valence-corrected chi connectivity index (χ4v) is 2.77. The second-order valence-corrected chi connectivity index (χ2v) is 6.20. The maximum absolute atomic E-state index is 12.0. The minimum Gasteiger partial charge on any atom is -0.465 e. The molecule has 6 nitrogen and oxygen atoms in total. The topological polar surface area (TPSA) is 73.2 Å². The largest absolute Gasteiger partial charge is 0.465 e. The van der Waals surface area contributed by atoms with E-state index in [4.69, 9.17) is 16.3 Å². The number of nitrogens with zero attached hydrogens (tertiary/aromatic N) is 2. The summed E-state index contributed by atoms with van der Waals surface area (Å²) in [6, 6.07) is 9.19. The Morgan fingerprint density at radius 3 is 2.83 bits per heavy atom. The number of hydrogen-bond donors (Lipinski definition) is 1. The van der Waals surface area contributed by atoms with E-state index in [2.05, 4.69) is 10.4 Å². The first-order chi connectivity index (χ1) is 11.6. The number of hydrogen-bond acceptors (Lipinski definition) is 5. The highest BCUT2D eigenvalue weighted by Gasteiger charge is 2.10. The third-order valence-corrected chi connectivity index (χ3v) is 4.30. The van der Waals surface area contributed by atoms with E-state index in [9.17, 15) is 9.59 Å². The van der Waals surface area contributed by atoms with Gasteiger partial charge in [-0.15, -0.1) is 11.8 Å². The number of nitrogens with one attached hydrogen (secondary N) is 1. The monoisotopic (exact) mass is 367 g/mol. The standard InChI is InChI=1S/C16H18ClN3O3S/c1-2-23-16(22)11-24-10-15(21)19-14-7-8-18-20(14)9-12-5-3-4-6-13(12)17/h3-8H,2,9-11H2,1H3,(H,19,21). The van der Waals surface area contributed by atoms with Gasteiger partial charge in [-0.05, 0) is 18.6 Å². The van der Waals surface area contributed by atoms with Crippen LogP contribution in [0, 0.1) is 0 Å². The number of anilines is 1. The predicted octanol–water partition coefficient (Wildman–Crippen LogP) is 2.82. The van der Waals surface area contributed by atoms with Gasteiger partial charge in [0.15, 0.2) is 0 Å². The zero-order valence-electron chi connectivity index (χ0n) is 13.2. The zero-order valence-corrected chi connectivity index (χ0v) is 14.8. The van der Waals surface area contributed by atoms with Crippen molar-refractivity contribution in [3.05, 3.63) is 47.1 Å². The van der Waals surface area contributed by atoms with Crippen LogP contribution in [0.3, 0.4) is 0 Å². The number of esters is 1. The van der Waals surface area contributed by atoms with Crippen LogP contribution in [0.5, 0.6) is 0 Å². The maximum atomic E-state index is 12.0. The molecule has 24 heavy (non-hydrogen) atoms. The van der Waals surface area contributed by atoms with Gasteiger partial charge in [-0.25, -0.2) is 4.68 Å². The first kappa shape index (κ1) is 18.4. The van der Waals surface area contributed by atoms with Crippen LogP contribution in [0.25, 0.3) is 0 Å². The van der Waals surface area contributed by atoms with E-state index in [1.807, 2.05) is 24.3 Å². The first-order valence-electron chi connectivity index (χ1n) is 7.38. The lowest BCUT2D eigenvalue weighted by atomic mass is 10.2. The van der Waals surface area contributed by atoms with Crippen molar-refractivity contribution in [3.8, 4) is 0 Å². The Kier molecular flexibility index (Phi) is 7.14. The van der Waals surface area contributed by atoms with E-state index in [1.165, 1.54) is 11.8 Å². The molecule has 0 fully saturated rings. The summed E-state index contributed by atoms with van der Waals surface area (Å²) in [6.45, 7) is 2.54. The Morgan fingerprint density at radius 2 is 2.08 bits per heavy atom. The molecule has 1 aromatic carbocycles. The van der Waals surface area contributed by atoms with Crippen LogP contribution in [0.4, 0.5) is 5.82 Å². The van der Waals surface area contributed by atoms with Crippen LogP contribution in [0.2, 0.25) is 5.02 Å². The van der Waals surface area contributed by atoms with Gasteiger partial charge in [0, 0.05) is 11.1 Å². The molecule has 8 heteroatoms. The lowest BCUT2D eigenvalue weighted by Gasteiger charge is -2.10. The Bertz CT molecular complexity index is 705. The third kappa shape index (κ3) is 5.58. The molecule has 0 aliphatic carbocycles. The minimum atomic E-state index is -0.320. The van der Waals surface area contributed by atoms with Gasteiger partial charge in [0.1, 0.15) is 5.82 Å². The van der Waals surface area contributed by atoms with Crippen LogP contribution >= 0.6 is 23.4 Å². The molecule has 2 rings (SSSR count). The first-order valence-corrected chi connectivity index (χ1v) is 8.92. The summed E-state index contributed by atoms with van der Waals surface area (Å²) in [6.07, 6.45) is 1.61. The van der Waals surface area contributed by atoms with E-state index >= 15 is 0 Å². The van der Waals surface area contributed by atoms with Crippen LogP contribution in [-0.4, -0.2) is 39.8 Å². The molecule has 128 valence electrons. The molecule has 0 aliphatic rings. The summed E-state index contributed by atoms with van der Waals surface area (Å²) in [5.41, 5.74) is 0.912. The molecule has 2 aromatic rings. The average molecular weight is 368 g/mol. The molecule has 0 unspecified atom stereocenters. The number of benzene rings is 1. The molecule has 0 radical (unpaired) electrons. The number of amides is 1. The van der Waals surface area contributed by atoms with Crippen LogP contribution in [0.1, 0.15) is 12.5 Å². The summed E-state index contributed by atoms with van der Waals surface area (Å²) >= 11 is 7.35. The van der Waals surface area contributed by atoms with E-state index in [0.29, 0.717) is 24.0 Å². The highest BCUT2D eigenvalue weighted by Crippen LogP contribution is 2.18. The highest BCUT2D eigenvalue weighted by atomic mass is 35.5. The van der Waals surface area contributed by atoms with Crippen molar-refractivity contribution in [1.29, 1.82) is 0 Å². The van der Waals surface area contributed by atoms with Crippen LogP contribution < -0.4 is 5.32 Å². The quantitative estimate of drug-likeness (QED) is 0.726. The Labute approximate surface area is 149 Å². The van der Waals surface area contributed by atoms with Gasteiger partial charge >= 0.3 is 5.97 Å². The zero-order chi connectivity index (χ0) is 17.4. The normalized spacial score (nSPS) is 10.4. The Balaban J connectivity index is 1.87. The smallest absolute Gasteiger partial charge is 0.315 e. The number of carbonyl (C=O) groups is 2. The lowest BCUT2D eigenvalue weighted by Crippen LogP contribution is -2.19. The molecule has 1 N–H and O–H groups in total. The highest BCUT2D eigenvalue weighted by molar-refractivity contribution is 8.00. The van der Waals surface area contributed by atoms with Gasteiger partial charge in [-0.2, -0.15) is 5.10 Å². The number of rotatable bonds is 8. The van der Waals surface area contributed by atoms with E-state index in [0.717, 1.165) is 5.56 Å². The molecule has 0 spiro atoms. The van der Waals surface area contributed by atoms with E-state index < -0.39 is 0 Å². The molecule has 0 atom stereocenters. The molecule has 0 saturated carbocycles. The Morgan fingerprint density at radius 1 is 1.29 bits per heavy atom. The average Bonchev–Trinajstić information content (AvgIpc) is 2.97. The number of ether oxygens (including phenoxy) is 1. The molecular weight excluding hydrogens is 350 g/mol. The molecule has 0 aliphatic heterocycles. The number of carbonyl (C=O) groups excluding carboxylic acids is 2. The summed E-state index contributed by atoms with van der Waals surface area (Å²) < 4.78 is 6.47. The van der Waals surface area contributed by atoms with Gasteiger partial charge in [0.2, 0.25) is 5.91 Å². The third-order valence-electron chi connectivity index (χ3n) is 3.02. The molecule has 1 heterocycles. The van der Waals surface area contributed by atoms with Crippen molar-refractivity contribution in [1.82, 2.24) is 9.78 Å². The van der Waals surface area contributed by atoms with Gasteiger partial charge in [-0.3, -0.25) is 9.59 Å². The van der Waals surface area contributed by atoms with E-state index in [-0.39, 0.29) is 23.4 Å². The molecular formula is C16H18ClN3O3S. The molecule has 1 aromatic heterocycles. The second-order valence-electron chi connectivity index (χ2n) is 4.81. The van der Waals surface area contributed by atoms with Gasteiger partial charge in [0.25, 0.3) is 0 Å². The van der Waals surface area contributed by atoms with E-state index in [1.54, 1.807) is 23.9 Å². The van der Waals surface area contributed by atoms with Crippen molar-refractivity contribution < 1.29 is 14.3 Å². The fourth-order valence-electron chi connectivity index (χ4n) is 1.96. The van der Waals surface area contributed by atoms with Crippen molar-refractivity contribution in [2.75, 3.05) is 23.4 Å². The summed E-state index contributed by atoms with van der Waals surface area (Å²) in [5.74, 6) is 0.372. The van der Waals surface area contributed by atoms with Crippen molar-refractivity contribution in [2.45, 2.75) is 13.5 Å². The number of thioether (sulfide) groups is 1. The van der Waals surface area contributed by atoms with Crippen molar-refractivity contribution >= 4 is 41.1 Å². The van der Waals surface area contributed by atoms with Crippen molar-refractivity contribution in [3.63, 3.8) is 0 Å². The summed E-state index contributed by atoms with van der Waals surface area (Å²) in [4.78, 5) is 23.2. The summed E-state index contributed by atoms with van der Waals surface area (Å²) in [5, 5.41) is 7.63. The van der Waals surface area contributed by atoms with Gasteiger partial charge in [0.05, 0.1) is 30.9 Å². The number of aromatic nitrogens is 2. The molecule has 0 bridgehead atoms. The predicted molar refractivity (Wildman–Crippen MR) is 95.4 cm³/mol. The van der Waals surface area contributed by atoms with Crippen LogP contribution in [0.15, 0.2) is 36.5 Å². The number of halogens is 1. The SMILES string of the molecule is CCOC(=O)CSCC(=O)Nc1ccnn1Cc1ccccc1Cl. The maximum Gasteiger partial charge on any atom is 0.315 e. The molecule has 0 saturated heterocycles. The fraction of sp³-hybridized carbons (Fsp3) is 0.312. The Hall–Kier alpha value is -1.99.